The van der Waals surface area contributed by atoms with Crippen LogP contribution < -0.4 is 5.32 Å². The molecule has 2 amide bonds. The van der Waals surface area contributed by atoms with E-state index in [1.54, 1.807) is 0 Å². The Hall–Kier alpha value is -4.47. The molecule has 2 aromatic carbocycles. The Morgan fingerprint density at radius 1 is 1.15 bits per heavy atom. The first-order valence-corrected chi connectivity index (χ1v) is 13.7. The number of nitro groups is 1. The summed E-state index contributed by atoms with van der Waals surface area (Å²) < 4.78 is 41.3. The quantitative estimate of drug-likeness (QED) is 0.210. The average Bonchev–Trinajstić information content (AvgIpc) is 3.39. The fraction of sp³-hybridized carbons (Fsp3) is 0.200. The number of nitrogens with one attached hydrogen (secondary N) is 1. The van der Waals surface area contributed by atoms with E-state index in [0.29, 0.717) is 0 Å². The summed E-state index contributed by atoms with van der Waals surface area (Å²) in [6.45, 7) is -0.564. The lowest BCUT2D eigenvalue weighted by Gasteiger charge is -2.30. The van der Waals surface area contributed by atoms with Crippen LogP contribution in [-0.2, 0) is 19.6 Å². The van der Waals surface area contributed by atoms with Crippen molar-refractivity contribution in [2.45, 2.75) is 23.5 Å². The molecule has 0 spiro atoms. The molecular weight excluding hydrogens is 585 g/mol. The number of carbonyl (C=O) groups is 3. The van der Waals surface area contributed by atoms with Gasteiger partial charge in [-0.15, -0.1) is 0 Å². The summed E-state index contributed by atoms with van der Waals surface area (Å²) in [5.74, 6) is -3.89. The van der Waals surface area contributed by atoms with Crippen LogP contribution in [0, 0.1) is 15.9 Å². The number of benzene rings is 2. The van der Waals surface area contributed by atoms with Crippen molar-refractivity contribution < 1.29 is 37.2 Å². The number of rotatable bonds is 9. The number of aromatic nitrogens is 1. The zero-order chi connectivity index (χ0) is 29.9. The molecule has 2 atom stereocenters. The Morgan fingerprint density at radius 2 is 1.85 bits per heavy atom. The van der Waals surface area contributed by atoms with Crippen molar-refractivity contribution in [1.82, 2.24) is 19.5 Å². The number of hydrogen-bond donors (Lipinski definition) is 2. The fourth-order valence-electron chi connectivity index (χ4n) is 4.28. The van der Waals surface area contributed by atoms with Crippen molar-refractivity contribution in [2.24, 2.45) is 0 Å². The summed E-state index contributed by atoms with van der Waals surface area (Å²) >= 11 is 5.80. The maximum atomic E-state index is 13.7. The van der Waals surface area contributed by atoms with Gasteiger partial charge >= 0.3 is 5.97 Å². The molecule has 1 saturated heterocycles. The van der Waals surface area contributed by atoms with Crippen LogP contribution in [0.4, 0.5) is 10.1 Å². The molecule has 13 nitrogen and oxygen atoms in total. The summed E-state index contributed by atoms with van der Waals surface area (Å²) in [5.41, 5.74) is -0.296. The minimum atomic E-state index is -4.48. The lowest BCUT2D eigenvalue weighted by Crippen LogP contribution is -2.54. The van der Waals surface area contributed by atoms with E-state index in [9.17, 15) is 42.4 Å². The molecule has 1 aliphatic heterocycles. The fourth-order valence-corrected chi connectivity index (χ4v) is 5.94. The molecule has 4 rings (SSSR count). The summed E-state index contributed by atoms with van der Waals surface area (Å²) in [6, 6.07) is 10.1. The van der Waals surface area contributed by atoms with Gasteiger partial charge in [0.25, 0.3) is 17.5 Å². The number of carboxylic acid groups (broad SMARTS) is 1. The highest BCUT2D eigenvalue weighted by Gasteiger charge is 2.47. The lowest BCUT2D eigenvalue weighted by atomic mass is 10.0. The number of hydrogen-bond acceptors (Lipinski definition) is 8. The summed E-state index contributed by atoms with van der Waals surface area (Å²) in [4.78, 5) is 53.8. The second-order valence-electron chi connectivity index (χ2n) is 8.82. The van der Waals surface area contributed by atoms with E-state index in [1.165, 1.54) is 30.3 Å². The molecule has 214 valence electrons. The average molecular weight is 606 g/mol. The molecule has 1 fully saturated rings. The van der Waals surface area contributed by atoms with E-state index in [1.807, 2.05) is 0 Å². The number of halogens is 2. The Balaban J connectivity index is 1.74. The minimum absolute atomic E-state index is 0.00556. The molecule has 1 aromatic heterocycles. The molecule has 2 heterocycles. The SMILES string of the molecule is O=C(O)CC(NC(=O)C1N(C(=O)c2ccc(Cl)nc2)CCN1S(=O)(=O)c1ccc(F)cc1)c1cccc([N+](=O)[O-])c1. The molecule has 41 heavy (non-hydrogen) atoms. The van der Waals surface area contributed by atoms with Crippen molar-refractivity contribution >= 4 is 45.1 Å². The third kappa shape index (κ3) is 6.48. The number of nitro benzene ring substituents is 1. The van der Waals surface area contributed by atoms with E-state index in [4.69, 9.17) is 11.6 Å². The van der Waals surface area contributed by atoms with Crippen LogP contribution in [0.1, 0.15) is 28.4 Å². The number of sulfonamides is 1. The highest BCUT2D eigenvalue weighted by Crippen LogP contribution is 2.28. The van der Waals surface area contributed by atoms with Crippen molar-refractivity contribution in [3.05, 3.63) is 99.1 Å². The van der Waals surface area contributed by atoms with Crippen molar-refractivity contribution in [2.75, 3.05) is 13.1 Å². The predicted molar refractivity (Wildman–Crippen MR) is 141 cm³/mol. The monoisotopic (exact) mass is 605 g/mol. The van der Waals surface area contributed by atoms with Gasteiger partial charge in [-0.25, -0.2) is 17.8 Å². The smallest absolute Gasteiger partial charge is 0.305 e. The van der Waals surface area contributed by atoms with Gasteiger partial charge in [-0.1, -0.05) is 23.7 Å². The summed E-state index contributed by atoms with van der Waals surface area (Å²) in [7, 11) is -4.48. The number of aliphatic carboxylic acids is 1. The van der Waals surface area contributed by atoms with Gasteiger partial charge in [0.15, 0.2) is 6.17 Å². The standard InChI is InChI=1S/C25H21ClFN5O8S/c26-21-9-4-16(14-28-21)25(36)30-10-11-31(41(39,40)19-7-5-17(27)6-8-19)24(30)23(35)29-20(13-22(33)34)15-2-1-3-18(12-15)32(37)38/h1-9,12,14,20,24H,10-11,13H2,(H,29,35)(H,33,34). The second kappa shape index (κ2) is 12.0. The Bertz CT molecular complexity index is 1600. The first kappa shape index (κ1) is 29.5. The lowest BCUT2D eigenvalue weighted by molar-refractivity contribution is -0.384. The number of nitrogens with zero attached hydrogens (tertiary/aromatic N) is 4. The van der Waals surface area contributed by atoms with Gasteiger partial charge in [-0.2, -0.15) is 4.31 Å². The Kier molecular flexibility index (Phi) is 8.60. The van der Waals surface area contributed by atoms with E-state index in [2.05, 4.69) is 10.3 Å². The Morgan fingerprint density at radius 3 is 2.46 bits per heavy atom. The number of amides is 2. The van der Waals surface area contributed by atoms with Crippen LogP contribution in [0.5, 0.6) is 0 Å². The first-order chi connectivity index (χ1) is 19.4. The third-order valence-corrected chi connectivity index (χ3v) is 8.29. The third-order valence-electron chi connectivity index (χ3n) is 6.20. The molecule has 1 aliphatic rings. The van der Waals surface area contributed by atoms with Gasteiger partial charge < -0.3 is 15.3 Å². The molecule has 3 aromatic rings. The van der Waals surface area contributed by atoms with E-state index < -0.39 is 57.2 Å². The zero-order valence-electron chi connectivity index (χ0n) is 20.9. The largest absolute Gasteiger partial charge is 0.481 e. The van der Waals surface area contributed by atoms with Crippen LogP contribution in [0.25, 0.3) is 0 Å². The van der Waals surface area contributed by atoms with Gasteiger partial charge in [0.2, 0.25) is 10.0 Å². The van der Waals surface area contributed by atoms with Crippen LogP contribution in [0.2, 0.25) is 5.15 Å². The van der Waals surface area contributed by atoms with E-state index in [-0.39, 0.29) is 40.0 Å². The highest BCUT2D eigenvalue weighted by atomic mass is 35.5. The highest BCUT2D eigenvalue weighted by molar-refractivity contribution is 7.89. The topological polar surface area (TPSA) is 180 Å². The summed E-state index contributed by atoms with van der Waals surface area (Å²) in [6.07, 6.45) is -1.37. The molecule has 0 radical (unpaired) electrons. The normalized spacial score (nSPS) is 16.2. The van der Waals surface area contributed by atoms with Crippen LogP contribution in [0.15, 0.2) is 71.8 Å². The van der Waals surface area contributed by atoms with Crippen molar-refractivity contribution in [1.29, 1.82) is 0 Å². The number of pyridine rings is 1. The molecule has 16 heteroatoms. The van der Waals surface area contributed by atoms with Crippen LogP contribution in [-0.4, -0.2) is 69.7 Å². The maximum absolute atomic E-state index is 13.7. The van der Waals surface area contributed by atoms with Crippen LogP contribution in [0.3, 0.4) is 0 Å². The van der Waals surface area contributed by atoms with Gasteiger partial charge in [0.1, 0.15) is 11.0 Å². The molecular formula is C25H21ClFN5O8S. The summed E-state index contributed by atoms with van der Waals surface area (Å²) in [5, 5.41) is 23.3. The van der Waals surface area contributed by atoms with E-state index in [0.717, 1.165) is 45.7 Å². The van der Waals surface area contributed by atoms with Crippen molar-refractivity contribution in [3.63, 3.8) is 0 Å². The predicted octanol–water partition coefficient (Wildman–Crippen LogP) is 2.59. The maximum Gasteiger partial charge on any atom is 0.305 e. The second-order valence-corrected chi connectivity index (χ2v) is 11.1. The van der Waals surface area contributed by atoms with Crippen LogP contribution >= 0.6 is 11.6 Å². The molecule has 0 saturated carbocycles. The molecule has 2 N–H and O–H groups in total. The number of carboxylic acids is 1. The van der Waals surface area contributed by atoms with E-state index >= 15 is 0 Å². The van der Waals surface area contributed by atoms with Gasteiger partial charge in [-0.05, 0) is 42.0 Å². The molecule has 0 aliphatic carbocycles. The van der Waals surface area contributed by atoms with Gasteiger partial charge in [0.05, 0.1) is 27.8 Å². The zero-order valence-corrected chi connectivity index (χ0v) is 22.5. The van der Waals surface area contributed by atoms with Gasteiger partial charge in [0, 0.05) is 31.4 Å². The van der Waals surface area contributed by atoms with Crippen molar-refractivity contribution in [3.8, 4) is 0 Å². The number of carbonyl (C=O) groups excluding carboxylic acids is 2. The Labute approximate surface area is 237 Å². The molecule has 0 bridgehead atoms. The first-order valence-electron chi connectivity index (χ1n) is 11.8. The van der Waals surface area contributed by atoms with Gasteiger partial charge in [-0.3, -0.25) is 24.5 Å². The molecule has 2 unspecified atom stereocenters. The minimum Gasteiger partial charge on any atom is -0.481 e. The number of non-ortho nitro benzene ring substituents is 1.